The van der Waals surface area contributed by atoms with E-state index < -0.39 is 21.6 Å². The van der Waals surface area contributed by atoms with Crippen molar-refractivity contribution in [2.45, 2.75) is 12.4 Å². The highest BCUT2D eigenvalue weighted by atomic mass is 32.2. The molecule has 10 heteroatoms. The summed E-state index contributed by atoms with van der Waals surface area (Å²) in [6.45, 7) is 2.08. The van der Waals surface area contributed by atoms with Crippen molar-refractivity contribution in [1.82, 2.24) is 0 Å². The highest BCUT2D eigenvalue weighted by molar-refractivity contribution is 7.86. The maximum absolute atomic E-state index is 12.1. The Labute approximate surface area is 176 Å². The van der Waals surface area contributed by atoms with E-state index in [-0.39, 0.29) is 5.76 Å². The smallest absolute Gasteiger partial charge is 0.485 e. The Morgan fingerprint density at radius 1 is 0.935 bits per heavy atom. The lowest BCUT2D eigenvalue weighted by Crippen LogP contribution is -2.21. The average molecular weight is 454 g/mol. The molecule has 0 fully saturated rings. The molecule has 0 aliphatic heterocycles. The van der Waals surface area contributed by atoms with Gasteiger partial charge in [-0.2, -0.15) is 17.6 Å². The van der Waals surface area contributed by atoms with Gasteiger partial charge in [0.15, 0.2) is 10.1 Å². The number of ether oxygens (including phenoxy) is 1. The molecule has 3 rings (SSSR count). The third kappa shape index (κ3) is 6.90. The lowest BCUT2D eigenvalue weighted by molar-refractivity contribution is -0.0517. The number of benzene rings is 2. The van der Waals surface area contributed by atoms with Crippen LogP contribution in [0.5, 0.6) is 0 Å². The Hall–Kier alpha value is -3.24. The van der Waals surface area contributed by atoms with Gasteiger partial charge in [-0.05, 0) is 24.6 Å². The van der Waals surface area contributed by atoms with Crippen molar-refractivity contribution >= 4 is 16.1 Å². The molecule has 31 heavy (non-hydrogen) atoms. The van der Waals surface area contributed by atoms with Crippen LogP contribution >= 0.6 is 0 Å². The molecule has 164 valence electrons. The first kappa shape index (κ1) is 24.0. The minimum absolute atomic E-state index is 0.201. The van der Waals surface area contributed by atoms with Crippen molar-refractivity contribution in [2.24, 2.45) is 0 Å². The number of hydrogen-bond donors (Lipinski definition) is 0. The summed E-state index contributed by atoms with van der Waals surface area (Å²) >= 11 is 0. The van der Waals surface area contributed by atoms with Crippen molar-refractivity contribution in [1.29, 1.82) is 0 Å². The molecule has 2 aromatic carbocycles. The largest absolute Gasteiger partial charge is 0.741 e. The molecule has 0 aliphatic carbocycles. The molecule has 0 atom stereocenters. The zero-order chi connectivity index (χ0) is 23.1. The van der Waals surface area contributed by atoms with Crippen LogP contribution in [0.1, 0.15) is 17.5 Å². The van der Waals surface area contributed by atoms with Gasteiger partial charge in [-0.15, -0.1) is 0 Å². The second-order valence-corrected chi connectivity index (χ2v) is 7.30. The standard InChI is InChI=1S/C20H17O3.CHF3O3S/c1-2-22-20(21)19-14-17(15-9-5-3-6-10-15)13-18(23-19)16-11-7-4-8-12-16;2-1(3,4)8(5,6)7/h3-14H,2H2,1H3;(H,5,6,7)/q+1;/p-1. The maximum atomic E-state index is 12.1. The van der Waals surface area contributed by atoms with E-state index in [1.807, 2.05) is 66.7 Å². The number of esters is 1. The van der Waals surface area contributed by atoms with Crippen LogP contribution in [-0.2, 0) is 14.9 Å². The van der Waals surface area contributed by atoms with Crippen molar-refractivity contribution in [3.05, 3.63) is 78.6 Å². The summed E-state index contributed by atoms with van der Waals surface area (Å²) in [6.07, 6.45) is 0. The molecular weight excluding hydrogens is 437 g/mol. The number of carbonyl (C=O) groups is 1. The van der Waals surface area contributed by atoms with E-state index in [0.29, 0.717) is 12.4 Å². The minimum atomic E-state index is -6.09. The van der Waals surface area contributed by atoms with Crippen LogP contribution in [-0.4, -0.2) is 31.1 Å². The highest BCUT2D eigenvalue weighted by Gasteiger charge is 2.36. The zero-order valence-corrected chi connectivity index (χ0v) is 16.9. The molecule has 0 bridgehead atoms. The maximum Gasteiger partial charge on any atom is 0.485 e. The fourth-order valence-corrected chi connectivity index (χ4v) is 2.35. The SMILES string of the molecule is CCOC(=O)c1cc(-c2ccccc2)cc(-c2ccccc2)[o+]1.O=S(=O)([O-])C(F)(F)F. The van der Waals surface area contributed by atoms with E-state index in [4.69, 9.17) is 22.1 Å². The summed E-state index contributed by atoms with van der Waals surface area (Å²) in [4.78, 5) is 12.1. The van der Waals surface area contributed by atoms with Crippen molar-refractivity contribution in [2.75, 3.05) is 6.61 Å². The molecule has 0 unspecified atom stereocenters. The van der Waals surface area contributed by atoms with E-state index in [0.717, 1.165) is 16.7 Å². The molecule has 1 aromatic heterocycles. The lowest BCUT2D eigenvalue weighted by Gasteiger charge is -2.08. The molecule has 0 saturated heterocycles. The van der Waals surface area contributed by atoms with Gasteiger partial charge in [0, 0.05) is 5.56 Å². The molecule has 3 aromatic rings. The number of carbonyl (C=O) groups excluding carboxylic acids is 1. The predicted molar refractivity (Wildman–Crippen MR) is 106 cm³/mol. The van der Waals surface area contributed by atoms with E-state index >= 15 is 0 Å². The van der Waals surface area contributed by atoms with Gasteiger partial charge in [0.1, 0.15) is 0 Å². The van der Waals surface area contributed by atoms with E-state index in [2.05, 4.69) is 0 Å². The topological polar surface area (TPSA) is 94.8 Å². The van der Waals surface area contributed by atoms with Crippen LogP contribution in [0.3, 0.4) is 0 Å². The van der Waals surface area contributed by atoms with Gasteiger partial charge in [0.2, 0.25) is 0 Å². The number of hydrogen-bond acceptors (Lipinski definition) is 5. The Morgan fingerprint density at radius 3 is 1.87 bits per heavy atom. The quantitative estimate of drug-likeness (QED) is 0.235. The van der Waals surface area contributed by atoms with Gasteiger partial charge in [-0.1, -0.05) is 48.5 Å². The lowest BCUT2D eigenvalue weighted by atomic mass is 10.0. The summed E-state index contributed by atoms with van der Waals surface area (Å²) < 4.78 is 69.7. The molecule has 1 heterocycles. The number of rotatable bonds is 4. The van der Waals surface area contributed by atoms with Gasteiger partial charge in [0.25, 0.3) is 0 Å². The summed E-state index contributed by atoms with van der Waals surface area (Å²) in [6, 6.07) is 23.2. The summed E-state index contributed by atoms with van der Waals surface area (Å²) in [5, 5.41) is 0. The van der Waals surface area contributed by atoms with E-state index in [9.17, 15) is 18.0 Å². The number of alkyl halides is 3. The molecule has 0 aliphatic rings. The molecule has 0 radical (unpaired) electrons. The summed E-state index contributed by atoms with van der Waals surface area (Å²) in [5.74, 6) is 0.379. The average Bonchev–Trinajstić information content (AvgIpc) is 2.74. The Morgan fingerprint density at radius 2 is 1.42 bits per heavy atom. The highest BCUT2D eigenvalue weighted by Crippen LogP contribution is 2.28. The summed E-state index contributed by atoms with van der Waals surface area (Å²) in [5.41, 5.74) is -2.80. The van der Waals surface area contributed by atoms with Crippen molar-refractivity contribution < 1.29 is 40.1 Å². The summed E-state index contributed by atoms with van der Waals surface area (Å²) in [7, 11) is -6.09. The second-order valence-electron chi connectivity index (χ2n) is 5.93. The third-order valence-electron chi connectivity index (χ3n) is 3.72. The van der Waals surface area contributed by atoms with Gasteiger partial charge < -0.3 is 9.29 Å². The first-order valence-corrected chi connectivity index (χ1v) is 10.2. The Kier molecular flexibility index (Phi) is 7.89. The van der Waals surface area contributed by atoms with Gasteiger partial charge in [-0.3, -0.25) is 0 Å². The molecule has 0 amide bonds. The van der Waals surface area contributed by atoms with Crippen LogP contribution in [0, 0.1) is 0 Å². The fraction of sp³-hybridized carbons (Fsp3) is 0.143. The van der Waals surface area contributed by atoms with E-state index in [1.165, 1.54) is 0 Å². The number of halogens is 3. The third-order valence-corrected chi connectivity index (χ3v) is 4.29. The second kappa shape index (κ2) is 10.2. The molecule has 0 N–H and O–H groups in total. The van der Waals surface area contributed by atoms with Gasteiger partial charge >= 0.3 is 23.0 Å². The molecule has 6 nitrogen and oxygen atoms in total. The van der Waals surface area contributed by atoms with Crippen LogP contribution in [0.4, 0.5) is 13.2 Å². The minimum Gasteiger partial charge on any atom is -0.741 e. The van der Waals surface area contributed by atoms with Crippen LogP contribution in [0.15, 0.2) is 77.2 Å². The van der Waals surface area contributed by atoms with Crippen LogP contribution in [0.25, 0.3) is 22.5 Å². The van der Waals surface area contributed by atoms with Crippen LogP contribution in [0.2, 0.25) is 0 Å². The fourth-order valence-electron chi connectivity index (χ4n) is 2.35. The first-order valence-electron chi connectivity index (χ1n) is 8.81. The van der Waals surface area contributed by atoms with E-state index in [1.54, 1.807) is 13.0 Å². The van der Waals surface area contributed by atoms with Crippen molar-refractivity contribution in [3.63, 3.8) is 0 Å². The molecule has 0 spiro atoms. The van der Waals surface area contributed by atoms with Crippen molar-refractivity contribution in [3.8, 4) is 22.5 Å². The predicted octanol–water partition coefficient (Wildman–Crippen LogP) is 5.12. The Bertz CT molecular complexity index is 1060. The molecular formula is C21H17F3O6S. The first-order chi connectivity index (χ1) is 14.5. The van der Waals surface area contributed by atoms with Crippen LogP contribution < -0.4 is 0 Å². The van der Waals surface area contributed by atoms with Gasteiger partial charge in [0.05, 0.1) is 24.3 Å². The zero-order valence-electron chi connectivity index (χ0n) is 16.1. The monoisotopic (exact) mass is 454 g/mol. The molecule has 0 saturated carbocycles. The Balaban J connectivity index is 0.000000366. The normalized spacial score (nSPS) is 11.3. The van der Waals surface area contributed by atoms with Gasteiger partial charge in [-0.25, -0.2) is 13.2 Å².